The molecule has 1 heteroatoms. The maximum absolute atomic E-state index is 5.34. The molecule has 0 atom stereocenters. The van der Waals surface area contributed by atoms with Crippen LogP contribution in [0.5, 0.6) is 0 Å². The van der Waals surface area contributed by atoms with Gasteiger partial charge in [-0.2, -0.15) is 0 Å². The molecule has 0 amide bonds. The molecule has 2 N–H and O–H groups in total. The number of nitrogens with two attached hydrogens (primary N) is 1. The Morgan fingerprint density at radius 2 is 1.78 bits per heavy atom. The van der Waals surface area contributed by atoms with E-state index >= 15 is 0 Å². The molecule has 0 aliphatic carbocycles. The summed E-state index contributed by atoms with van der Waals surface area (Å²) in [4.78, 5) is 0. The molecule has 0 rings (SSSR count). The first-order valence-electron chi connectivity index (χ1n) is 3.89. The summed E-state index contributed by atoms with van der Waals surface area (Å²) in [5, 5.41) is 0. The van der Waals surface area contributed by atoms with Crippen molar-refractivity contribution >= 4 is 0 Å². The third kappa shape index (κ3) is 7.96. The molecule has 0 aromatic heterocycles. The smallest absolute Gasteiger partial charge is 0.00773 e. The second kappa shape index (κ2) is 7.96. The van der Waals surface area contributed by atoms with E-state index in [0.29, 0.717) is 0 Å². The molecule has 0 aliphatic rings. The van der Waals surface area contributed by atoms with Crippen molar-refractivity contribution in [2.24, 2.45) is 5.73 Å². The highest BCUT2D eigenvalue weighted by atomic mass is 14.5. The fourth-order valence-electron chi connectivity index (χ4n) is 0.846. The van der Waals surface area contributed by atoms with E-state index in [1.165, 1.54) is 32.1 Å². The highest BCUT2D eigenvalue weighted by Crippen LogP contribution is 2.02. The molecule has 0 heterocycles. The molecule has 0 saturated heterocycles. The second-order valence-corrected chi connectivity index (χ2v) is 2.40. The van der Waals surface area contributed by atoms with E-state index in [9.17, 15) is 0 Å². The molecule has 1 radical (unpaired) electrons. The molecule has 0 aromatic carbocycles. The van der Waals surface area contributed by atoms with E-state index in [1.807, 2.05) is 0 Å². The lowest BCUT2D eigenvalue weighted by Crippen LogP contribution is -1.97. The van der Waals surface area contributed by atoms with Crippen molar-refractivity contribution in [3.63, 3.8) is 0 Å². The fourth-order valence-corrected chi connectivity index (χ4v) is 0.846. The van der Waals surface area contributed by atoms with Crippen molar-refractivity contribution in [1.29, 1.82) is 0 Å². The van der Waals surface area contributed by atoms with Crippen LogP contribution in [0.15, 0.2) is 0 Å². The summed E-state index contributed by atoms with van der Waals surface area (Å²) >= 11 is 0. The normalized spacial score (nSPS) is 10.0. The lowest BCUT2D eigenvalue weighted by atomic mass is 10.1. The molecular weight excluding hydrogens is 110 g/mol. The second-order valence-electron chi connectivity index (χ2n) is 2.40. The Morgan fingerprint density at radius 3 is 2.33 bits per heavy atom. The molecule has 0 fully saturated rings. The van der Waals surface area contributed by atoms with Crippen molar-refractivity contribution in [2.45, 2.75) is 39.0 Å². The summed E-state index contributed by atoms with van der Waals surface area (Å²) < 4.78 is 0. The molecule has 0 saturated carbocycles. The lowest BCUT2D eigenvalue weighted by molar-refractivity contribution is 0.643. The molecule has 55 valence electrons. The number of hydrogen-bond donors (Lipinski definition) is 1. The fraction of sp³-hybridized carbons (Fsp3) is 0.875. The van der Waals surface area contributed by atoms with Gasteiger partial charge in [0.25, 0.3) is 0 Å². The van der Waals surface area contributed by atoms with Crippen molar-refractivity contribution in [1.82, 2.24) is 0 Å². The number of hydrogen-bond acceptors (Lipinski definition) is 1. The lowest BCUT2D eigenvalue weighted by Gasteiger charge is -1.95. The van der Waals surface area contributed by atoms with Gasteiger partial charge in [-0.1, -0.05) is 32.6 Å². The SMILES string of the molecule is C[CH]CCCCCCN. The Hall–Kier alpha value is -0.0400. The van der Waals surface area contributed by atoms with Crippen molar-refractivity contribution in [3.05, 3.63) is 6.42 Å². The van der Waals surface area contributed by atoms with Crippen LogP contribution in [0.3, 0.4) is 0 Å². The minimum atomic E-state index is 0.857. The van der Waals surface area contributed by atoms with Gasteiger partial charge in [-0.15, -0.1) is 0 Å². The maximum atomic E-state index is 5.34. The minimum absolute atomic E-state index is 0.857. The van der Waals surface area contributed by atoms with E-state index in [0.717, 1.165) is 6.54 Å². The number of unbranched alkanes of at least 4 members (excludes halogenated alkanes) is 5. The van der Waals surface area contributed by atoms with E-state index < -0.39 is 0 Å². The predicted molar refractivity (Wildman–Crippen MR) is 42.1 cm³/mol. The quantitative estimate of drug-likeness (QED) is 0.545. The Balaban J connectivity index is 2.60. The van der Waals surface area contributed by atoms with Gasteiger partial charge in [0.15, 0.2) is 0 Å². The Labute approximate surface area is 58.6 Å². The van der Waals surface area contributed by atoms with Crippen LogP contribution in [0.4, 0.5) is 0 Å². The molecule has 0 unspecified atom stereocenters. The van der Waals surface area contributed by atoms with Gasteiger partial charge >= 0.3 is 0 Å². The van der Waals surface area contributed by atoms with Crippen molar-refractivity contribution in [3.8, 4) is 0 Å². The first-order chi connectivity index (χ1) is 4.41. The molecule has 0 aliphatic heterocycles. The van der Waals surface area contributed by atoms with Crippen LogP contribution in [0, 0.1) is 6.42 Å². The van der Waals surface area contributed by atoms with Crippen LogP contribution < -0.4 is 5.73 Å². The molecule has 0 aromatic rings. The van der Waals surface area contributed by atoms with Crippen LogP contribution in [-0.2, 0) is 0 Å². The van der Waals surface area contributed by atoms with Gasteiger partial charge in [0.2, 0.25) is 0 Å². The first kappa shape index (κ1) is 8.96. The zero-order chi connectivity index (χ0) is 6.95. The maximum Gasteiger partial charge on any atom is -0.00773 e. The molecule has 1 nitrogen and oxygen atoms in total. The van der Waals surface area contributed by atoms with Crippen LogP contribution in [-0.4, -0.2) is 6.54 Å². The van der Waals surface area contributed by atoms with E-state index in [4.69, 9.17) is 5.73 Å². The summed E-state index contributed by atoms with van der Waals surface area (Å²) in [6.45, 7) is 2.97. The highest BCUT2D eigenvalue weighted by Gasteiger charge is 1.86. The zero-order valence-corrected chi connectivity index (χ0v) is 6.40. The first-order valence-corrected chi connectivity index (χ1v) is 3.89. The van der Waals surface area contributed by atoms with Crippen LogP contribution in [0.1, 0.15) is 39.0 Å². The van der Waals surface area contributed by atoms with E-state index in [-0.39, 0.29) is 0 Å². The zero-order valence-electron chi connectivity index (χ0n) is 6.40. The molecule has 0 bridgehead atoms. The van der Waals surface area contributed by atoms with Gasteiger partial charge in [-0.3, -0.25) is 0 Å². The summed E-state index contributed by atoms with van der Waals surface area (Å²) in [5.41, 5.74) is 5.34. The van der Waals surface area contributed by atoms with Crippen molar-refractivity contribution < 1.29 is 0 Å². The van der Waals surface area contributed by atoms with Gasteiger partial charge in [0, 0.05) is 0 Å². The largest absolute Gasteiger partial charge is 0.330 e. The standard InChI is InChI=1S/C8H18N/c1-2-3-4-5-6-7-8-9/h2H,3-9H2,1H3. The Morgan fingerprint density at radius 1 is 1.11 bits per heavy atom. The third-order valence-electron chi connectivity index (χ3n) is 1.45. The molecule has 9 heavy (non-hydrogen) atoms. The predicted octanol–water partition coefficient (Wildman–Crippen LogP) is 2.12. The summed E-state index contributed by atoms with van der Waals surface area (Å²) in [5.74, 6) is 0. The monoisotopic (exact) mass is 128 g/mol. The minimum Gasteiger partial charge on any atom is -0.330 e. The van der Waals surface area contributed by atoms with Gasteiger partial charge in [-0.25, -0.2) is 0 Å². The number of rotatable bonds is 6. The van der Waals surface area contributed by atoms with Crippen molar-refractivity contribution in [2.75, 3.05) is 6.54 Å². The molecular formula is C8H18N. The third-order valence-corrected chi connectivity index (χ3v) is 1.45. The Kier molecular flexibility index (Phi) is 7.92. The average molecular weight is 128 g/mol. The van der Waals surface area contributed by atoms with Gasteiger partial charge in [0.1, 0.15) is 0 Å². The van der Waals surface area contributed by atoms with Crippen LogP contribution >= 0.6 is 0 Å². The van der Waals surface area contributed by atoms with Gasteiger partial charge in [-0.05, 0) is 19.4 Å². The van der Waals surface area contributed by atoms with E-state index in [1.54, 1.807) is 0 Å². The summed E-state index contributed by atoms with van der Waals surface area (Å²) in [7, 11) is 0. The molecule has 0 spiro atoms. The highest BCUT2D eigenvalue weighted by molar-refractivity contribution is 4.55. The summed E-state index contributed by atoms with van der Waals surface area (Å²) in [6.07, 6.45) is 8.69. The summed E-state index contributed by atoms with van der Waals surface area (Å²) in [6, 6.07) is 0. The van der Waals surface area contributed by atoms with Crippen LogP contribution in [0.25, 0.3) is 0 Å². The topological polar surface area (TPSA) is 26.0 Å². The van der Waals surface area contributed by atoms with Crippen LogP contribution in [0.2, 0.25) is 0 Å². The average Bonchev–Trinajstić information content (AvgIpc) is 1.89. The van der Waals surface area contributed by atoms with E-state index in [2.05, 4.69) is 13.3 Å². The van der Waals surface area contributed by atoms with Gasteiger partial charge in [0.05, 0.1) is 0 Å². The van der Waals surface area contributed by atoms with Gasteiger partial charge < -0.3 is 5.73 Å². The Bertz CT molecular complexity index is 37.8.